The van der Waals surface area contributed by atoms with Crippen molar-refractivity contribution in [3.05, 3.63) is 22.9 Å². The Labute approximate surface area is 98.6 Å². The van der Waals surface area contributed by atoms with Gasteiger partial charge in [0.15, 0.2) is 11.4 Å². The van der Waals surface area contributed by atoms with Crippen LogP contribution in [0.15, 0.2) is 22.9 Å². The summed E-state index contributed by atoms with van der Waals surface area (Å²) in [4.78, 5) is 0. The normalized spacial score (nSPS) is 25.9. The molecule has 0 aromatic heterocycles. The number of nitrogens with zero attached hydrogens (tertiary/aromatic N) is 1. The highest BCUT2D eigenvalue weighted by molar-refractivity contribution is 5.97. The zero-order valence-corrected chi connectivity index (χ0v) is 10.4. The largest absolute Gasteiger partial charge is 0.202 e. The number of fused-ring (bicyclic) bond motifs is 1. The van der Waals surface area contributed by atoms with Gasteiger partial charge >= 0.3 is 0 Å². The molecule has 0 atom stereocenters. The maximum absolute atomic E-state index is 2.55. The molecule has 2 aliphatic carbocycles. The average Bonchev–Trinajstić information content (AvgIpc) is 2.49. The monoisotopic (exact) mass is 216 g/mol. The van der Waals surface area contributed by atoms with Crippen molar-refractivity contribution in [1.29, 1.82) is 0 Å². The van der Waals surface area contributed by atoms with Crippen LogP contribution in [0.2, 0.25) is 0 Å². The van der Waals surface area contributed by atoms with Crippen molar-refractivity contribution in [2.24, 2.45) is 0 Å². The molecule has 1 saturated carbocycles. The summed E-state index contributed by atoms with van der Waals surface area (Å²) in [6.45, 7) is 0. The minimum Gasteiger partial charge on any atom is -0.202 e. The molecule has 1 aliphatic heterocycles. The van der Waals surface area contributed by atoms with E-state index < -0.39 is 0 Å². The molecule has 0 saturated heterocycles. The molecule has 0 radical (unpaired) electrons. The van der Waals surface area contributed by atoms with E-state index in [1.165, 1.54) is 57.8 Å². The molecule has 16 heavy (non-hydrogen) atoms. The molecule has 1 fully saturated rings. The summed E-state index contributed by atoms with van der Waals surface area (Å²) in [7, 11) is 2.31. The minimum absolute atomic E-state index is 1.23. The number of rotatable bonds is 0. The van der Waals surface area contributed by atoms with Gasteiger partial charge in [-0.2, -0.15) is 0 Å². The van der Waals surface area contributed by atoms with Gasteiger partial charge in [-0.25, -0.2) is 4.58 Å². The molecule has 3 aliphatic rings. The molecule has 1 heteroatoms. The lowest BCUT2D eigenvalue weighted by Crippen LogP contribution is -2.22. The second-order valence-corrected chi connectivity index (χ2v) is 5.40. The zero-order valence-electron chi connectivity index (χ0n) is 10.4. The highest BCUT2D eigenvalue weighted by Crippen LogP contribution is 2.33. The molecule has 0 N–H and O–H groups in total. The van der Waals surface area contributed by atoms with Crippen LogP contribution in [-0.4, -0.2) is 17.3 Å². The minimum atomic E-state index is 1.23. The smallest absolute Gasteiger partial charge is 0.184 e. The molecule has 0 amide bonds. The van der Waals surface area contributed by atoms with Gasteiger partial charge in [0.25, 0.3) is 0 Å². The van der Waals surface area contributed by atoms with Crippen molar-refractivity contribution < 1.29 is 4.58 Å². The molecule has 0 aromatic rings. The predicted octanol–water partition coefficient (Wildman–Crippen LogP) is 3.80. The van der Waals surface area contributed by atoms with E-state index in [1.54, 1.807) is 22.6 Å². The second kappa shape index (κ2) is 4.20. The fraction of sp³-hybridized carbons (Fsp3) is 0.667. The third-order valence-electron chi connectivity index (χ3n) is 4.44. The summed E-state index contributed by atoms with van der Waals surface area (Å²) in [5.74, 6) is 0. The molecular weight excluding hydrogens is 194 g/mol. The van der Waals surface area contributed by atoms with E-state index >= 15 is 0 Å². The van der Waals surface area contributed by atoms with Crippen LogP contribution in [-0.2, 0) is 0 Å². The average molecular weight is 216 g/mol. The first-order valence-electron chi connectivity index (χ1n) is 6.86. The van der Waals surface area contributed by atoms with Gasteiger partial charge in [-0.1, -0.05) is 6.08 Å². The standard InChI is InChI=1S/C15H22N/c1-16-14-8-4-2-6-12(14)10-11-13-7-3-5-9-15(13)16/h10H,2-9,11H2,1H3/q+1. The highest BCUT2D eigenvalue weighted by atomic mass is 15.0. The van der Waals surface area contributed by atoms with Crippen LogP contribution < -0.4 is 0 Å². The van der Waals surface area contributed by atoms with Crippen LogP contribution in [0.5, 0.6) is 0 Å². The van der Waals surface area contributed by atoms with E-state index in [2.05, 4.69) is 17.7 Å². The van der Waals surface area contributed by atoms with E-state index in [4.69, 9.17) is 0 Å². The zero-order chi connectivity index (χ0) is 11.0. The summed E-state index contributed by atoms with van der Waals surface area (Å²) >= 11 is 0. The van der Waals surface area contributed by atoms with E-state index in [0.717, 1.165) is 0 Å². The van der Waals surface area contributed by atoms with Crippen LogP contribution in [0.3, 0.4) is 0 Å². The molecular formula is C15H22N+. The molecule has 0 unspecified atom stereocenters. The fourth-order valence-corrected chi connectivity index (χ4v) is 3.50. The maximum atomic E-state index is 2.55. The van der Waals surface area contributed by atoms with Crippen molar-refractivity contribution in [2.75, 3.05) is 7.05 Å². The van der Waals surface area contributed by atoms with Crippen LogP contribution in [0.1, 0.15) is 57.8 Å². The summed E-state index contributed by atoms with van der Waals surface area (Å²) in [5, 5.41) is 0. The van der Waals surface area contributed by atoms with Gasteiger partial charge in [-0.05, 0) is 44.9 Å². The Kier molecular flexibility index (Phi) is 2.70. The Morgan fingerprint density at radius 1 is 0.938 bits per heavy atom. The van der Waals surface area contributed by atoms with Gasteiger partial charge in [-0.15, -0.1) is 0 Å². The summed E-state index contributed by atoms with van der Waals surface area (Å²) < 4.78 is 2.55. The Morgan fingerprint density at radius 3 is 2.62 bits per heavy atom. The Morgan fingerprint density at radius 2 is 1.69 bits per heavy atom. The Balaban J connectivity index is 2.05. The lowest BCUT2D eigenvalue weighted by molar-refractivity contribution is -0.449. The van der Waals surface area contributed by atoms with Crippen LogP contribution in [0.4, 0.5) is 0 Å². The summed E-state index contributed by atoms with van der Waals surface area (Å²) in [6.07, 6.45) is 14.6. The first kappa shape index (κ1) is 10.3. The maximum Gasteiger partial charge on any atom is 0.184 e. The van der Waals surface area contributed by atoms with Crippen LogP contribution >= 0.6 is 0 Å². The molecule has 0 aromatic carbocycles. The van der Waals surface area contributed by atoms with Gasteiger partial charge in [0, 0.05) is 24.0 Å². The number of allylic oxidation sites excluding steroid dienone is 4. The molecule has 1 heterocycles. The number of hydrogen-bond acceptors (Lipinski definition) is 0. The molecule has 0 bridgehead atoms. The topological polar surface area (TPSA) is 3.01 Å². The lowest BCUT2D eigenvalue weighted by Gasteiger charge is -2.17. The third-order valence-corrected chi connectivity index (χ3v) is 4.44. The Bertz CT molecular complexity index is 396. The first-order valence-corrected chi connectivity index (χ1v) is 6.86. The van der Waals surface area contributed by atoms with Gasteiger partial charge in [0.05, 0.1) is 0 Å². The van der Waals surface area contributed by atoms with E-state index in [1.807, 2.05) is 0 Å². The quantitative estimate of drug-likeness (QED) is 0.542. The van der Waals surface area contributed by atoms with Gasteiger partial charge in [0.1, 0.15) is 7.05 Å². The van der Waals surface area contributed by atoms with E-state index in [0.29, 0.717) is 0 Å². The Hall–Kier alpha value is -0.850. The molecule has 3 rings (SSSR count). The predicted molar refractivity (Wildman–Crippen MR) is 67.9 cm³/mol. The van der Waals surface area contributed by atoms with Crippen molar-refractivity contribution in [2.45, 2.75) is 57.8 Å². The van der Waals surface area contributed by atoms with Crippen LogP contribution in [0, 0.1) is 0 Å². The van der Waals surface area contributed by atoms with E-state index in [-0.39, 0.29) is 0 Å². The van der Waals surface area contributed by atoms with E-state index in [9.17, 15) is 0 Å². The third kappa shape index (κ3) is 1.66. The van der Waals surface area contributed by atoms with Gasteiger partial charge < -0.3 is 0 Å². The molecule has 0 spiro atoms. The van der Waals surface area contributed by atoms with Crippen LogP contribution in [0.25, 0.3) is 0 Å². The first-order chi connectivity index (χ1) is 7.86. The fourth-order valence-electron chi connectivity index (χ4n) is 3.50. The van der Waals surface area contributed by atoms with Gasteiger partial charge in [-0.3, -0.25) is 0 Å². The number of hydrogen-bond donors (Lipinski definition) is 0. The van der Waals surface area contributed by atoms with Crippen molar-refractivity contribution in [3.8, 4) is 0 Å². The lowest BCUT2D eigenvalue weighted by atomic mass is 9.91. The highest BCUT2D eigenvalue weighted by Gasteiger charge is 2.28. The van der Waals surface area contributed by atoms with Gasteiger partial charge in [0.2, 0.25) is 0 Å². The SMILES string of the molecule is C[N+]1=C2CCCCC2=CCC2=C1CCCC2. The molecule has 86 valence electrons. The summed E-state index contributed by atoms with van der Waals surface area (Å²) in [5.41, 5.74) is 6.68. The summed E-state index contributed by atoms with van der Waals surface area (Å²) in [6, 6.07) is 0. The second-order valence-electron chi connectivity index (χ2n) is 5.40. The van der Waals surface area contributed by atoms with Crippen molar-refractivity contribution >= 4 is 5.71 Å². The van der Waals surface area contributed by atoms with Crippen molar-refractivity contribution in [1.82, 2.24) is 0 Å². The van der Waals surface area contributed by atoms with Crippen molar-refractivity contribution in [3.63, 3.8) is 0 Å². The molecule has 1 nitrogen and oxygen atoms in total.